The molecule has 1 aromatic rings. The van der Waals surface area contributed by atoms with E-state index < -0.39 is 0 Å². The molecule has 70 valence electrons. The van der Waals surface area contributed by atoms with Crippen LogP contribution < -0.4 is 5.73 Å². The summed E-state index contributed by atoms with van der Waals surface area (Å²) in [5.74, 6) is 0.957. The van der Waals surface area contributed by atoms with Crippen LogP contribution in [-0.4, -0.2) is 10.6 Å². The topological polar surface area (TPSA) is 46.2 Å². The lowest BCUT2D eigenvalue weighted by atomic mass is 10.0. The number of nitrogens with two attached hydrogens (primary N) is 1. The molecule has 13 heavy (non-hydrogen) atoms. The van der Waals surface area contributed by atoms with Gasteiger partial charge >= 0.3 is 0 Å². The molecule has 1 aliphatic carbocycles. The van der Waals surface area contributed by atoms with E-state index in [0.29, 0.717) is 11.7 Å². The first-order valence-electron chi connectivity index (χ1n) is 4.67. The minimum absolute atomic E-state index is 0.0567. The van der Waals surface area contributed by atoms with Crippen LogP contribution in [-0.2, 0) is 6.42 Å². The zero-order valence-electron chi connectivity index (χ0n) is 7.83. The summed E-state index contributed by atoms with van der Waals surface area (Å²) in [6.45, 7) is 2.15. The number of rotatable bonds is 2. The largest absolute Gasteiger partial charge is 0.508 e. The molecule has 0 amide bonds. The third-order valence-electron chi connectivity index (χ3n) is 3.02. The van der Waals surface area contributed by atoms with Crippen LogP contribution in [0.2, 0.25) is 0 Å². The quantitative estimate of drug-likeness (QED) is 0.721. The molecule has 2 atom stereocenters. The Bertz CT molecular complexity index is 324. The van der Waals surface area contributed by atoms with Crippen molar-refractivity contribution >= 4 is 0 Å². The van der Waals surface area contributed by atoms with Gasteiger partial charge in [0.05, 0.1) is 0 Å². The van der Waals surface area contributed by atoms with Gasteiger partial charge in [0.1, 0.15) is 5.75 Å². The van der Waals surface area contributed by atoms with Crippen LogP contribution in [0.5, 0.6) is 5.75 Å². The Balaban J connectivity index is 2.15. The fourth-order valence-electron chi connectivity index (χ4n) is 1.77. The number of para-hydroxylation sites is 1. The number of phenols is 1. The van der Waals surface area contributed by atoms with Crippen LogP contribution in [0.25, 0.3) is 0 Å². The smallest absolute Gasteiger partial charge is 0.118 e. The first-order valence-corrected chi connectivity index (χ1v) is 4.67. The maximum atomic E-state index is 9.53. The van der Waals surface area contributed by atoms with Gasteiger partial charge < -0.3 is 10.8 Å². The van der Waals surface area contributed by atoms with Gasteiger partial charge in [-0.3, -0.25) is 0 Å². The molecule has 0 spiro atoms. The van der Waals surface area contributed by atoms with Crippen molar-refractivity contribution in [3.63, 3.8) is 0 Å². The number of phenolic OH excluding ortho intramolecular Hbond substituents is 1. The molecule has 2 nitrogen and oxygen atoms in total. The maximum absolute atomic E-state index is 9.53. The Morgan fingerprint density at radius 3 is 2.69 bits per heavy atom. The van der Waals surface area contributed by atoms with Gasteiger partial charge in [-0.1, -0.05) is 25.1 Å². The molecule has 1 aliphatic rings. The van der Waals surface area contributed by atoms with E-state index in [1.165, 1.54) is 0 Å². The van der Waals surface area contributed by atoms with Crippen molar-refractivity contribution in [2.45, 2.75) is 25.3 Å². The second-order valence-corrected chi connectivity index (χ2v) is 4.14. The minimum Gasteiger partial charge on any atom is -0.508 e. The molecule has 0 heterocycles. The van der Waals surface area contributed by atoms with E-state index in [0.717, 1.165) is 18.4 Å². The number of hydrogen-bond donors (Lipinski definition) is 2. The first-order chi connectivity index (χ1) is 6.12. The van der Waals surface area contributed by atoms with Gasteiger partial charge in [-0.15, -0.1) is 0 Å². The third-order valence-corrected chi connectivity index (χ3v) is 3.02. The normalized spacial score (nSPS) is 31.7. The van der Waals surface area contributed by atoms with E-state index >= 15 is 0 Å². The van der Waals surface area contributed by atoms with Crippen molar-refractivity contribution < 1.29 is 5.11 Å². The van der Waals surface area contributed by atoms with Crippen LogP contribution in [0, 0.1) is 5.92 Å². The number of aromatic hydroxyl groups is 1. The van der Waals surface area contributed by atoms with E-state index in [9.17, 15) is 5.11 Å². The van der Waals surface area contributed by atoms with Gasteiger partial charge in [-0.05, 0) is 30.4 Å². The average molecular weight is 177 g/mol. The van der Waals surface area contributed by atoms with Crippen molar-refractivity contribution in [1.82, 2.24) is 0 Å². The third kappa shape index (κ3) is 1.54. The summed E-state index contributed by atoms with van der Waals surface area (Å²) < 4.78 is 0. The Labute approximate surface area is 78.4 Å². The van der Waals surface area contributed by atoms with E-state index in [-0.39, 0.29) is 5.54 Å². The van der Waals surface area contributed by atoms with E-state index in [1.807, 2.05) is 18.2 Å². The highest BCUT2D eigenvalue weighted by Gasteiger charge is 2.47. The maximum Gasteiger partial charge on any atom is 0.118 e. The van der Waals surface area contributed by atoms with Gasteiger partial charge in [-0.25, -0.2) is 0 Å². The highest BCUT2D eigenvalue weighted by atomic mass is 16.3. The highest BCUT2D eigenvalue weighted by molar-refractivity contribution is 5.34. The first kappa shape index (κ1) is 8.57. The van der Waals surface area contributed by atoms with Gasteiger partial charge in [0.25, 0.3) is 0 Å². The molecular formula is C11H15NO. The van der Waals surface area contributed by atoms with Gasteiger partial charge in [0, 0.05) is 5.54 Å². The zero-order chi connectivity index (χ0) is 9.47. The molecule has 0 aliphatic heterocycles. The predicted molar refractivity (Wildman–Crippen MR) is 52.5 cm³/mol. The summed E-state index contributed by atoms with van der Waals surface area (Å²) in [6.07, 6.45) is 1.86. The molecule has 2 unspecified atom stereocenters. The van der Waals surface area contributed by atoms with Crippen molar-refractivity contribution in [3.05, 3.63) is 29.8 Å². The molecular weight excluding hydrogens is 162 g/mol. The lowest BCUT2D eigenvalue weighted by Gasteiger charge is -2.10. The summed E-state index contributed by atoms with van der Waals surface area (Å²) in [5.41, 5.74) is 6.99. The Morgan fingerprint density at radius 1 is 1.54 bits per heavy atom. The second-order valence-electron chi connectivity index (χ2n) is 4.14. The fraction of sp³-hybridized carbons (Fsp3) is 0.455. The fourth-order valence-corrected chi connectivity index (χ4v) is 1.77. The van der Waals surface area contributed by atoms with Gasteiger partial charge in [0.15, 0.2) is 0 Å². The summed E-state index contributed by atoms with van der Waals surface area (Å²) in [4.78, 5) is 0. The lowest BCUT2D eigenvalue weighted by molar-refractivity contribution is 0.462. The molecule has 3 N–H and O–H groups in total. The van der Waals surface area contributed by atoms with Gasteiger partial charge in [-0.2, -0.15) is 0 Å². The standard InChI is InChI=1S/C11H15NO/c1-8-6-11(8,12)7-9-4-2-3-5-10(9)13/h2-5,8,13H,6-7,12H2,1H3. The van der Waals surface area contributed by atoms with Gasteiger partial charge in [0.2, 0.25) is 0 Å². The zero-order valence-corrected chi connectivity index (χ0v) is 7.83. The molecule has 0 bridgehead atoms. The Hall–Kier alpha value is -1.02. The SMILES string of the molecule is CC1CC1(N)Cc1ccccc1O. The molecule has 0 radical (unpaired) electrons. The summed E-state index contributed by atoms with van der Waals surface area (Å²) in [7, 11) is 0. The molecule has 0 aromatic heterocycles. The monoisotopic (exact) mass is 177 g/mol. The Morgan fingerprint density at radius 2 is 2.15 bits per heavy atom. The van der Waals surface area contributed by atoms with Crippen LogP contribution >= 0.6 is 0 Å². The average Bonchev–Trinajstić information content (AvgIpc) is 2.65. The summed E-state index contributed by atoms with van der Waals surface area (Å²) in [6, 6.07) is 7.42. The van der Waals surface area contributed by atoms with Crippen molar-refractivity contribution in [2.24, 2.45) is 11.7 Å². The van der Waals surface area contributed by atoms with Crippen molar-refractivity contribution in [3.8, 4) is 5.75 Å². The molecule has 2 heteroatoms. The van der Waals surface area contributed by atoms with Crippen molar-refractivity contribution in [1.29, 1.82) is 0 Å². The van der Waals surface area contributed by atoms with Crippen LogP contribution in [0.4, 0.5) is 0 Å². The van der Waals surface area contributed by atoms with Crippen LogP contribution in [0.15, 0.2) is 24.3 Å². The highest BCUT2D eigenvalue weighted by Crippen LogP contribution is 2.43. The van der Waals surface area contributed by atoms with Crippen molar-refractivity contribution in [2.75, 3.05) is 0 Å². The van der Waals surface area contributed by atoms with E-state index in [1.54, 1.807) is 6.07 Å². The summed E-state index contributed by atoms with van der Waals surface area (Å²) >= 11 is 0. The molecule has 1 aromatic carbocycles. The van der Waals surface area contributed by atoms with Crippen LogP contribution in [0.1, 0.15) is 18.9 Å². The molecule has 1 saturated carbocycles. The minimum atomic E-state index is -0.0567. The van der Waals surface area contributed by atoms with E-state index in [4.69, 9.17) is 5.73 Å². The second kappa shape index (κ2) is 2.74. The molecule has 0 saturated heterocycles. The lowest BCUT2D eigenvalue weighted by Crippen LogP contribution is -2.27. The van der Waals surface area contributed by atoms with Crippen LogP contribution in [0.3, 0.4) is 0 Å². The molecule has 1 fully saturated rings. The predicted octanol–water partition coefficient (Wildman–Crippen LogP) is 1.67. The summed E-state index contributed by atoms with van der Waals surface area (Å²) in [5, 5.41) is 9.53. The Kier molecular flexibility index (Phi) is 1.81. The van der Waals surface area contributed by atoms with E-state index in [2.05, 4.69) is 6.92 Å². The molecule has 2 rings (SSSR count). The number of benzene rings is 1. The number of hydrogen-bond acceptors (Lipinski definition) is 2.